The molecular formula is C16H22N4O4S. The average Bonchev–Trinajstić information content (AvgIpc) is 3.02. The van der Waals surface area contributed by atoms with Crippen molar-refractivity contribution in [3.05, 3.63) is 52.2 Å². The molecule has 1 aromatic carbocycles. The van der Waals surface area contributed by atoms with Crippen LogP contribution in [-0.4, -0.2) is 41.7 Å². The highest BCUT2D eigenvalue weighted by atomic mass is 32.2. The fourth-order valence-corrected chi connectivity index (χ4v) is 3.91. The Kier molecular flexibility index (Phi) is 5.81. The van der Waals surface area contributed by atoms with Crippen molar-refractivity contribution < 1.29 is 13.2 Å². The fraction of sp³-hybridized carbons (Fsp3) is 0.375. The van der Waals surface area contributed by atoms with Crippen LogP contribution in [0.3, 0.4) is 0 Å². The Morgan fingerprint density at radius 3 is 2.28 bits per heavy atom. The minimum absolute atomic E-state index is 0.137. The summed E-state index contributed by atoms with van der Waals surface area (Å²) in [7, 11) is -3.50. The Balaban J connectivity index is 2.13. The smallest absolute Gasteiger partial charge is 0.323 e. The molecule has 0 aliphatic rings. The lowest BCUT2D eigenvalue weighted by Crippen LogP contribution is -2.30. The summed E-state index contributed by atoms with van der Waals surface area (Å²) in [6.07, 6.45) is 1.30. The van der Waals surface area contributed by atoms with Gasteiger partial charge in [0.15, 0.2) is 0 Å². The molecule has 2 aromatic rings. The van der Waals surface area contributed by atoms with E-state index in [4.69, 9.17) is 0 Å². The second kappa shape index (κ2) is 7.66. The molecular weight excluding hydrogens is 344 g/mol. The third-order valence-electron chi connectivity index (χ3n) is 3.91. The third kappa shape index (κ3) is 4.18. The number of amides is 1. The summed E-state index contributed by atoms with van der Waals surface area (Å²) in [5.41, 5.74) is 0.436. The third-order valence-corrected chi connectivity index (χ3v) is 5.98. The largest absolute Gasteiger partial charge is 0.344 e. The number of carbonyl (C=O) groups excluding carboxylic acids is 1. The Bertz CT molecular complexity index is 879. The van der Waals surface area contributed by atoms with Crippen LogP contribution in [0.4, 0.5) is 0 Å². The number of carbonyl (C=O) groups is 1. The van der Waals surface area contributed by atoms with Crippen molar-refractivity contribution in [1.29, 1.82) is 0 Å². The summed E-state index contributed by atoms with van der Waals surface area (Å²) in [6, 6.07) is 6.05. The first kappa shape index (κ1) is 18.9. The van der Waals surface area contributed by atoms with Crippen LogP contribution in [0.1, 0.15) is 42.9 Å². The highest BCUT2D eigenvalue weighted by Crippen LogP contribution is 2.19. The Morgan fingerprint density at radius 1 is 1.20 bits per heavy atom. The first-order chi connectivity index (χ1) is 11.8. The van der Waals surface area contributed by atoms with E-state index >= 15 is 0 Å². The Hall–Kier alpha value is -2.39. The molecule has 0 aliphatic heterocycles. The summed E-state index contributed by atoms with van der Waals surface area (Å²) < 4.78 is 26.3. The van der Waals surface area contributed by atoms with Crippen LogP contribution in [0.5, 0.6) is 0 Å². The van der Waals surface area contributed by atoms with E-state index in [1.165, 1.54) is 22.6 Å². The summed E-state index contributed by atoms with van der Waals surface area (Å²) >= 11 is 0. The number of sulfonamides is 1. The zero-order chi connectivity index (χ0) is 18.6. The molecule has 0 radical (unpaired) electrons. The molecule has 25 heavy (non-hydrogen) atoms. The molecule has 1 heterocycles. The highest BCUT2D eigenvalue weighted by Gasteiger charge is 2.21. The van der Waals surface area contributed by atoms with Crippen LogP contribution in [-0.2, 0) is 10.0 Å². The van der Waals surface area contributed by atoms with Crippen molar-refractivity contribution >= 4 is 15.9 Å². The highest BCUT2D eigenvalue weighted by molar-refractivity contribution is 7.89. The first-order valence-electron chi connectivity index (χ1n) is 7.98. The van der Waals surface area contributed by atoms with Gasteiger partial charge in [0.25, 0.3) is 5.91 Å². The van der Waals surface area contributed by atoms with E-state index in [0.29, 0.717) is 13.1 Å². The Labute approximate surface area is 146 Å². The number of rotatable bonds is 7. The second-order valence-electron chi connectivity index (χ2n) is 5.51. The van der Waals surface area contributed by atoms with Gasteiger partial charge in [0.05, 0.1) is 10.9 Å². The number of hydrogen-bond donors (Lipinski definition) is 3. The molecule has 136 valence electrons. The van der Waals surface area contributed by atoms with Gasteiger partial charge in [0.1, 0.15) is 5.69 Å². The summed E-state index contributed by atoms with van der Waals surface area (Å²) in [6.45, 7) is 6.16. The molecule has 3 N–H and O–H groups in total. The van der Waals surface area contributed by atoms with Crippen LogP contribution in [0.15, 0.2) is 40.2 Å². The zero-order valence-corrected chi connectivity index (χ0v) is 15.2. The van der Waals surface area contributed by atoms with Gasteiger partial charge in [0.2, 0.25) is 10.0 Å². The molecule has 2 rings (SSSR count). The van der Waals surface area contributed by atoms with E-state index in [1.54, 1.807) is 32.9 Å². The monoisotopic (exact) mass is 366 g/mol. The normalized spacial score (nSPS) is 13.0. The zero-order valence-electron chi connectivity index (χ0n) is 14.4. The standard InChI is InChI=1S/C16H22N4O4S/c1-4-20(5-2)25(23,24)13-8-6-12(7-9-13)11(3)18-15(21)14-10-17-16(22)19-14/h6-11H,4-5H2,1-3H3,(H,18,21)(H2,17,19,22). The summed E-state index contributed by atoms with van der Waals surface area (Å²) in [5.74, 6) is -0.425. The first-order valence-corrected chi connectivity index (χ1v) is 9.42. The molecule has 1 aromatic heterocycles. The van der Waals surface area contributed by atoms with E-state index in [9.17, 15) is 18.0 Å². The lowest BCUT2D eigenvalue weighted by molar-refractivity contribution is 0.0935. The van der Waals surface area contributed by atoms with Crippen molar-refractivity contribution in [3.8, 4) is 0 Å². The SMILES string of the molecule is CCN(CC)S(=O)(=O)c1ccc(C(C)NC(=O)c2c[nH]c(=O)[nH]2)cc1. The van der Waals surface area contributed by atoms with Crippen molar-refractivity contribution in [2.45, 2.75) is 31.7 Å². The minimum atomic E-state index is -3.50. The van der Waals surface area contributed by atoms with Crippen LogP contribution >= 0.6 is 0 Å². The van der Waals surface area contributed by atoms with Crippen LogP contribution < -0.4 is 11.0 Å². The number of nitrogens with zero attached hydrogens (tertiary/aromatic N) is 1. The van der Waals surface area contributed by atoms with E-state index in [0.717, 1.165) is 5.56 Å². The van der Waals surface area contributed by atoms with Gasteiger partial charge >= 0.3 is 5.69 Å². The maximum atomic E-state index is 12.5. The van der Waals surface area contributed by atoms with Gasteiger partial charge in [-0.3, -0.25) is 4.79 Å². The molecule has 8 nitrogen and oxygen atoms in total. The molecule has 1 unspecified atom stereocenters. The number of benzene rings is 1. The molecule has 0 bridgehead atoms. The lowest BCUT2D eigenvalue weighted by Gasteiger charge is -2.19. The van der Waals surface area contributed by atoms with Gasteiger partial charge in [-0.2, -0.15) is 4.31 Å². The quantitative estimate of drug-likeness (QED) is 0.683. The number of hydrogen-bond acceptors (Lipinski definition) is 4. The predicted molar refractivity (Wildman–Crippen MR) is 93.8 cm³/mol. The number of H-pyrrole nitrogens is 2. The Morgan fingerprint density at radius 2 is 1.80 bits per heavy atom. The molecule has 0 aliphatic carbocycles. The van der Waals surface area contributed by atoms with Gasteiger partial charge in [-0.05, 0) is 24.6 Å². The second-order valence-corrected chi connectivity index (χ2v) is 7.45. The summed E-state index contributed by atoms with van der Waals surface area (Å²) in [4.78, 5) is 28.0. The van der Waals surface area contributed by atoms with E-state index in [-0.39, 0.29) is 16.6 Å². The number of nitrogens with one attached hydrogen (secondary N) is 3. The van der Waals surface area contributed by atoms with Gasteiger partial charge in [-0.15, -0.1) is 0 Å². The van der Waals surface area contributed by atoms with Crippen molar-refractivity contribution in [1.82, 2.24) is 19.6 Å². The van der Waals surface area contributed by atoms with Crippen LogP contribution in [0, 0.1) is 0 Å². The molecule has 1 amide bonds. The molecule has 0 saturated carbocycles. The minimum Gasteiger partial charge on any atom is -0.344 e. The van der Waals surface area contributed by atoms with E-state index < -0.39 is 21.6 Å². The molecule has 9 heteroatoms. The van der Waals surface area contributed by atoms with Gasteiger partial charge in [-0.25, -0.2) is 13.2 Å². The molecule has 0 saturated heterocycles. The number of aromatic nitrogens is 2. The number of imidazole rings is 1. The molecule has 0 spiro atoms. The predicted octanol–water partition coefficient (Wildman–Crippen LogP) is 1.22. The van der Waals surface area contributed by atoms with Gasteiger partial charge in [-0.1, -0.05) is 26.0 Å². The van der Waals surface area contributed by atoms with Crippen molar-refractivity contribution in [2.24, 2.45) is 0 Å². The summed E-state index contributed by atoms with van der Waals surface area (Å²) in [5, 5.41) is 2.74. The van der Waals surface area contributed by atoms with Crippen LogP contribution in [0.2, 0.25) is 0 Å². The van der Waals surface area contributed by atoms with Gasteiger partial charge < -0.3 is 15.3 Å². The van der Waals surface area contributed by atoms with E-state index in [1.807, 2.05) is 0 Å². The lowest BCUT2D eigenvalue weighted by atomic mass is 10.1. The average molecular weight is 366 g/mol. The number of aromatic amines is 2. The van der Waals surface area contributed by atoms with Gasteiger partial charge in [0, 0.05) is 19.3 Å². The van der Waals surface area contributed by atoms with Crippen LogP contribution in [0.25, 0.3) is 0 Å². The molecule has 0 fully saturated rings. The fourth-order valence-electron chi connectivity index (χ4n) is 2.45. The maximum Gasteiger partial charge on any atom is 0.323 e. The van der Waals surface area contributed by atoms with Crippen molar-refractivity contribution in [3.63, 3.8) is 0 Å². The van der Waals surface area contributed by atoms with Crippen molar-refractivity contribution in [2.75, 3.05) is 13.1 Å². The maximum absolute atomic E-state index is 12.5. The van der Waals surface area contributed by atoms with E-state index in [2.05, 4.69) is 15.3 Å². The topological polar surface area (TPSA) is 115 Å². The molecule has 1 atom stereocenters.